The molecule has 1 heterocycles. The number of aromatic amines is 1. The van der Waals surface area contributed by atoms with E-state index in [9.17, 15) is 0 Å². The molecule has 0 aliphatic rings. The molecule has 2 rings (SSSR count). The zero-order valence-corrected chi connectivity index (χ0v) is 9.96. The van der Waals surface area contributed by atoms with Gasteiger partial charge in [-0.1, -0.05) is 18.2 Å². The largest absolute Gasteiger partial charge is 0.325 e. The Labute approximate surface area is 95.7 Å². The number of hydrogen-bond donors (Lipinski definition) is 2. The Bertz CT molecular complexity index is 512. The molecule has 0 aliphatic carbocycles. The topological polar surface area (TPSA) is 54.7 Å². The van der Waals surface area contributed by atoms with Crippen LogP contribution in [0.3, 0.4) is 0 Å². The summed E-state index contributed by atoms with van der Waals surface area (Å²) in [4.78, 5) is 0. The van der Waals surface area contributed by atoms with Gasteiger partial charge in [-0.05, 0) is 37.5 Å². The Balaban J connectivity index is 2.57. The molecule has 1 aromatic heterocycles. The summed E-state index contributed by atoms with van der Waals surface area (Å²) in [7, 11) is 0. The summed E-state index contributed by atoms with van der Waals surface area (Å²) in [5.74, 6) is 0. The first-order valence-corrected chi connectivity index (χ1v) is 5.45. The summed E-state index contributed by atoms with van der Waals surface area (Å²) >= 11 is 0. The number of aromatic nitrogens is 2. The number of benzene rings is 1. The molecule has 0 radical (unpaired) electrons. The van der Waals surface area contributed by atoms with Crippen molar-refractivity contribution in [3.8, 4) is 11.1 Å². The van der Waals surface area contributed by atoms with E-state index in [2.05, 4.69) is 42.2 Å². The van der Waals surface area contributed by atoms with Gasteiger partial charge < -0.3 is 5.73 Å². The molecule has 0 atom stereocenters. The third kappa shape index (κ3) is 1.74. The molecule has 0 saturated heterocycles. The first-order valence-electron chi connectivity index (χ1n) is 5.45. The van der Waals surface area contributed by atoms with E-state index in [0.29, 0.717) is 6.54 Å². The fourth-order valence-electron chi connectivity index (χ4n) is 1.91. The van der Waals surface area contributed by atoms with Crippen LogP contribution in [-0.4, -0.2) is 10.2 Å². The minimum Gasteiger partial charge on any atom is -0.325 e. The van der Waals surface area contributed by atoms with Gasteiger partial charge in [-0.25, -0.2) is 0 Å². The van der Waals surface area contributed by atoms with Crippen molar-refractivity contribution in [1.29, 1.82) is 0 Å². The lowest BCUT2D eigenvalue weighted by molar-refractivity contribution is 0.940. The van der Waals surface area contributed by atoms with E-state index in [1.807, 2.05) is 6.92 Å². The van der Waals surface area contributed by atoms with Crippen molar-refractivity contribution in [3.63, 3.8) is 0 Å². The molecule has 3 N–H and O–H groups in total. The monoisotopic (exact) mass is 215 g/mol. The zero-order valence-electron chi connectivity index (χ0n) is 9.96. The highest BCUT2D eigenvalue weighted by atomic mass is 15.1. The van der Waals surface area contributed by atoms with Crippen molar-refractivity contribution in [2.45, 2.75) is 27.3 Å². The van der Waals surface area contributed by atoms with Crippen LogP contribution < -0.4 is 5.73 Å². The van der Waals surface area contributed by atoms with Crippen LogP contribution in [0.2, 0.25) is 0 Å². The molecule has 3 heteroatoms. The number of H-pyrrole nitrogens is 1. The Morgan fingerprint density at radius 2 is 1.94 bits per heavy atom. The van der Waals surface area contributed by atoms with Gasteiger partial charge in [-0.15, -0.1) is 0 Å². The van der Waals surface area contributed by atoms with Gasteiger partial charge in [0.2, 0.25) is 0 Å². The first kappa shape index (κ1) is 10.9. The second-order valence-corrected chi connectivity index (χ2v) is 4.17. The summed E-state index contributed by atoms with van der Waals surface area (Å²) in [6, 6.07) is 6.45. The fraction of sp³-hybridized carbons (Fsp3) is 0.308. The lowest BCUT2D eigenvalue weighted by Crippen LogP contribution is -1.99. The molecule has 0 spiro atoms. The van der Waals surface area contributed by atoms with Gasteiger partial charge in [0.05, 0.1) is 5.69 Å². The van der Waals surface area contributed by atoms with Crippen LogP contribution in [0.4, 0.5) is 0 Å². The Morgan fingerprint density at radius 1 is 1.19 bits per heavy atom. The first-order chi connectivity index (χ1) is 7.63. The Kier molecular flexibility index (Phi) is 2.79. The molecule has 0 amide bonds. The summed E-state index contributed by atoms with van der Waals surface area (Å²) in [5, 5.41) is 7.20. The predicted molar refractivity (Wildman–Crippen MR) is 66.1 cm³/mol. The maximum atomic E-state index is 5.69. The minimum atomic E-state index is 0.465. The molecule has 0 unspecified atom stereocenters. The molecule has 16 heavy (non-hydrogen) atoms. The van der Waals surface area contributed by atoms with Crippen molar-refractivity contribution in [2.24, 2.45) is 5.73 Å². The zero-order chi connectivity index (χ0) is 11.7. The van der Waals surface area contributed by atoms with Crippen molar-refractivity contribution < 1.29 is 0 Å². The van der Waals surface area contributed by atoms with E-state index in [1.165, 1.54) is 16.7 Å². The Hall–Kier alpha value is -1.61. The standard InChI is InChI=1S/C13H17N3/c1-8-4-5-11(6-9(8)2)13-10(3)15-16-12(13)7-14/h4-6H,7,14H2,1-3H3,(H,15,16). The lowest BCUT2D eigenvalue weighted by atomic mass is 9.99. The van der Waals surface area contributed by atoms with E-state index in [0.717, 1.165) is 17.0 Å². The van der Waals surface area contributed by atoms with Crippen LogP contribution >= 0.6 is 0 Å². The van der Waals surface area contributed by atoms with Gasteiger partial charge in [-0.3, -0.25) is 5.10 Å². The number of aryl methyl sites for hydroxylation is 3. The second kappa shape index (κ2) is 4.10. The van der Waals surface area contributed by atoms with Gasteiger partial charge in [0.15, 0.2) is 0 Å². The molecule has 3 nitrogen and oxygen atoms in total. The molecule has 2 aromatic rings. The van der Waals surface area contributed by atoms with Gasteiger partial charge in [0.1, 0.15) is 0 Å². The minimum absolute atomic E-state index is 0.465. The van der Waals surface area contributed by atoms with Gasteiger partial charge >= 0.3 is 0 Å². The van der Waals surface area contributed by atoms with Crippen LogP contribution in [0, 0.1) is 20.8 Å². The molecular weight excluding hydrogens is 198 g/mol. The van der Waals surface area contributed by atoms with E-state index >= 15 is 0 Å². The van der Waals surface area contributed by atoms with Crippen molar-refractivity contribution in [1.82, 2.24) is 10.2 Å². The smallest absolute Gasteiger partial charge is 0.0838 e. The summed E-state index contributed by atoms with van der Waals surface area (Å²) in [6.45, 7) is 6.73. The normalized spacial score (nSPS) is 10.8. The van der Waals surface area contributed by atoms with Crippen LogP contribution in [-0.2, 0) is 6.54 Å². The highest BCUT2D eigenvalue weighted by molar-refractivity contribution is 5.69. The third-order valence-corrected chi connectivity index (χ3v) is 3.01. The highest BCUT2D eigenvalue weighted by Gasteiger charge is 2.11. The van der Waals surface area contributed by atoms with E-state index in [1.54, 1.807) is 0 Å². The van der Waals surface area contributed by atoms with Gasteiger partial charge in [0, 0.05) is 17.8 Å². The van der Waals surface area contributed by atoms with Crippen LogP contribution in [0.1, 0.15) is 22.5 Å². The molecule has 84 valence electrons. The average Bonchev–Trinajstić information content (AvgIpc) is 2.64. The molecule has 1 aromatic carbocycles. The summed E-state index contributed by atoms with van der Waals surface area (Å²) < 4.78 is 0. The molecule has 0 bridgehead atoms. The van der Waals surface area contributed by atoms with Gasteiger partial charge in [0.25, 0.3) is 0 Å². The SMILES string of the molecule is Cc1ccc(-c2c(CN)n[nH]c2C)cc1C. The molecule has 0 fully saturated rings. The maximum absolute atomic E-state index is 5.69. The fourth-order valence-corrected chi connectivity index (χ4v) is 1.91. The maximum Gasteiger partial charge on any atom is 0.0838 e. The number of rotatable bonds is 2. The lowest BCUT2D eigenvalue weighted by Gasteiger charge is -2.06. The molecule has 0 aliphatic heterocycles. The number of nitrogens with zero attached hydrogens (tertiary/aromatic N) is 1. The Morgan fingerprint density at radius 3 is 2.56 bits per heavy atom. The highest BCUT2D eigenvalue weighted by Crippen LogP contribution is 2.27. The van der Waals surface area contributed by atoms with Gasteiger partial charge in [-0.2, -0.15) is 5.10 Å². The second-order valence-electron chi connectivity index (χ2n) is 4.17. The van der Waals surface area contributed by atoms with E-state index in [-0.39, 0.29) is 0 Å². The molecule has 0 saturated carbocycles. The van der Waals surface area contributed by atoms with E-state index in [4.69, 9.17) is 5.73 Å². The van der Waals surface area contributed by atoms with Crippen LogP contribution in [0.25, 0.3) is 11.1 Å². The predicted octanol–water partition coefficient (Wildman–Crippen LogP) is 2.46. The third-order valence-electron chi connectivity index (χ3n) is 3.01. The quantitative estimate of drug-likeness (QED) is 0.808. The number of nitrogens with two attached hydrogens (primary N) is 1. The number of nitrogens with one attached hydrogen (secondary N) is 1. The van der Waals surface area contributed by atoms with Crippen LogP contribution in [0.5, 0.6) is 0 Å². The summed E-state index contributed by atoms with van der Waals surface area (Å²) in [5.41, 5.74) is 12.6. The van der Waals surface area contributed by atoms with Crippen molar-refractivity contribution >= 4 is 0 Å². The van der Waals surface area contributed by atoms with E-state index < -0.39 is 0 Å². The average molecular weight is 215 g/mol. The van der Waals surface area contributed by atoms with Crippen molar-refractivity contribution in [3.05, 3.63) is 40.7 Å². The number of hydrogen-bond acceptors (Lipinski definition) is 2. The summed E-state index contributed by atoms with van der Waals surface area (Å²) in [6.07, 6.45) is 0. The van der Waals surface area contributed by atoms with Crippen LogP contribution in [0.15, 0.2) is 18.2 Å². The van der Waals surface area contributed by atoms with Crippen molar-refractivity contribution in [2.75, 3.05) is 0 Å². The molecular formula is C13H17N3.